The van der Waals surface area contributed by atoms with Crippen molar-refractivity contribution in [2.24, 2.45) is 4.99 Å². The van der Waals surface area contributed by atoms with Crippen LogP contribution in [-0.4, -0.2) is 33.9 Å². The van der Waals surface area contributed by atoms with Crippen LogP contribution in [0.15, 0.2) is 47.6 Å². The van der Waals surface area contributed by atoms with Gasteiger partial charge in [0, 0.05) is 28.9 Å². The normalized spacial score (nSPS) is 16.4. The van der Waals surface area contributed by atoms with Gasteiger partial charge < -0.3 is 15.7 Å². The van der Waals surface area contributed by atoms with Crippen LogP contribution in [0.3, 0.4) is 0 Å². The van der Waals surface area contributed by atoms with Crippen LogP contribution in [0.1, 0.15) is 55.3 Å². The molecule has 1 atom stereocenters. The van der Waals surface area contributed by atoms with Crippen LogP contribution in [0.2, 0.25) is 0 Å². The van der Waals surface area contributed by atoms with Crippen molar-refractivity contribution in [1.82, 2.24) is 20.4 Å². The highest BCUT2D eigenvalue weighted by Gasteiger charge is 2.17. The quantitative estimate of drug-likeness (QED) is 0.406. The van der Waals surface area contributed by atoms with E-state index < -0.39 is 6.10 Å². The average molecular weight is 412 g/mol. The van der Waals surface area contributed by atoms with E-state index in [1.54, 1.807) is 11.3 Å². The molecule has 0 bridgehead atoms. The topological polar surface area (TPSA) is 74.5 Å². The number of thiophene rings is 1. The van der Waals surface area contributed by atoms with Crippen LogP contribution in [0.5, 0.6) is 0 Å². The van der Waals surface area contributed by atoms with Crippen molar-refractivity contribution in [1.29, 1.82) is 0 Å². The summed E-state index contributed by atoms with van der Waals surface area (Å²) in [6.07, 6.45) is 6.56. The Kier molecular flexibility index (Phi) is 6.46. The highest BCUT2D eigenvalue weighted by molar-refractivity contribution is 7.19. The molecule has 2 heterocycles. The Morgan fingerprint density at radius 3 is 2.90 bits per heavy atom. The minimum Gasteiger partial charge on any atom is -0.386 e. The molecule has 1 aromatic carbocycles. The summed E-state index contributed by atoms with van der Waals surface area (Å²) in [6, 6.07) is 12.9. The molecule has 0 aliphatic heterocycles. The summed E-state index contributed by atoms with van der Waals surface area (Å²) >= 11 is 1.63. The van der Waals surface area contributed by atoms with Crippen molar-refractivity contribution in [3.8, 4) is 0 Å². The van der Waals surface area contributed by atoms with E-state index in [-0.39, 0.29) is 0 Å². The summed E-state index contributed by atoms with van der Waals surface area (Å²) in [6.45, 7) is 3.74. The lowest BCUT2D eigenvalue weighted by molar-refractivity contribution is 0.184. The molecule has 1 unspecified atom stereocenters. The maximum atomic E-state index is 10.6. The molecule has 1 aliphatic carbocycles. The van der Waals surface area contributed by atoms with Crippen LogP contribution in [-0.2, 0) is 6.54 Å². The Morgan fingerprint density at radius 1 is 1.28 bits per heavy atom. The van der Waals surface area contributed by atoms with E-state index in [4.69, 9.17) is 5.10 Å². The Balaban J connectivity index is 1.35. The second-order valence-electron chi connectivity index (χ2n) is 7.50. The van der Waals surface area contributed by atoms with Gasteiger partial charge in [-0.3, -0.25) is 4.68 Å². The molecule has 7 heteroatoms. The lowest BCUT2D eigenvalue weighted by Gasteiger charge is -2.14. The minimum absolute atomic E-state index is 0.412. The van der Waals surface area contributed by atoms with Crippen LogP contribution >= 0.6 is 11.3 Å². The van der Waals surface area contributed by atoms with E-state index in [0.29, 0.717) is 25.1 Å². The molecule has 1 saturated carbocycles. The number of nitrogens with zero attached hydrogens (tertiary/aromatic N) is 3. The zero-order chi connectivity index (χ0) is 20.1. The highest BCUT2D eigenvalue weighted by atomic mass is 32.1. The van der Waals surface area contributed by atoms with Gasteiger partial charge in [0.2, 0.25) is 0 Å². The van der Waals surface area contributed by atoms with E-state index in [0.717, 1.165) is 17.1 Å². The Morgan fingerprint density at radius 2 is 2.10 bits per heavy atom. The van der Waals surface area contributed by atoms with Gasteiger partial charge in [-0.1, -0.05) is 31.0 Å². The van der Waals surface area contributed by atoms with Gasteiger partial charge in [-0.05, 0) is 43.4 Å². The van der Waals surface area contributed by atoms with Gasteiger partial charge >= 0.3 is 0 Å². The highest BCUT2D eigenvalue weighted by Crippen LogP contribution is 2.30. The van der Waals surface area contributed by atoms with Gasteiger partial charge in [-0.15, -0.1) is 11.3 Å². The van der Waals surface area contributed by atoms with E-state index in [9.17, 15) is 5.11 Å². The third kappa shape index (κ3) is 4.97. The molecule has 3 aromatic rings. The fraction of sp³-hybridized carbons (Fsp3) is 0.455. The molecule has 2 aromatic heterocycles. The van der Waals surface area contributed by atoms with Gasteiger partial charge in [0.15, 0.2) is 5.96 Å². The lowest BCUT2D eigenvalue weighted by Crippen LogP contribution is -2.39. The third-order valence-corrected chi connectivity index (χ3v) is 6.56. The summed E-state index contributed by atoms with van der Waals surface area (Å²) in [4.78, 5) is 5.61. The summed E-state index contributed by atoms with van der Waals surface area (Å²) in [7, 11) is 0. The molecule has 4 rings (SSSR count). The molecule has 6 nitrogen and oxygen atoms in total. The summed E-state index contributed by atoms with van der Waals surface area (Å²) in [5.74, 6) is 0.697. The molecule has 29 heavy (non-hydrogen) atoms. The van der Waals surface area contributed by atoms with Crippen molar-refractivity contribution in [2.75, 3.05) is 13.1 Å². The van der Waals surface area contributed by atoms with Gasteiger partial charge in [-0.25, -0.2) is 4.99 Å². The standard InChI is InChI=1S/C22H29N5OS/c1-2-23-22(24-14-17-11-12-27(26-17)18-8-4-5-9-18)25-15-19(28)21-13-16-7-3-6-10-20(16)29-21/h3,6-7,10-13,18-19,28H,2,4-5,8-9,14-15H2,1H3,(H2,23,24,25). The first-order valence-corrected chi connectivity index (χ1v) is 11.3. The van der Waals surface area contributed by atoms with Gasteiger partial charge in [0.1, 0.15) is 6.10 Å². The summed E-state index contributed by atoms with van der Waals surface area (Å²) in [5, 5.41) is 23.0. The molecule has 0 spiro atoms. The second kappa shape index (κ2) is 9.41. The molecular formula is C22H29N5OS. The Hall–Kier alpha value is -2.38. The Bertz CT molecular complexity index is 924. The van der Waals surface area contributed by atoms with Gasteiger partial charge in [-0.2, -0.15) is 5.10 Å². The number of hydrogen-bond donors (Lipinski definition) is 3. The number of aliphatic hydroxyl groups excluding tert-OH is 1. The number of hydrogen-bond acceptors (Lipinski definition) is 4. The first-order valence-electron chi connectivity index (χ1n) is 10.5. The van der Waals surface area contributed by atoms with E-state index in [1.807, 2.05) is 19.1 Å². The molecule has 0 radical (unpaired) electrons. The second-order valence-corrected chi connectivity index (χ2v) is 8.62. The number of fused-ring (bicyclic) bond motifs is 1. The number of nitrogens with one attached hydrogen (secondary N) is 2. The molecule has 3 N–H and O–H groups in total. The smallest absolute Gasteiger partial charge is 0.191 e. The largest absolute Gasteiger partial charge is 0.386 e. The molecule has 1 aliphatic rings. The predicted molar refractivity (Wildman–Crippen MR) is 119 cm³/mol. The van der Waals surface area contributed by atoms with Crippen molar-refractivity contribution in [3.63, 3.8) is 0 Å². The molecule has 0 saturated heterocycles. The lowest BCUT2D eigenvalue weighted by atomic mass is 10.2. The number of rotatable bonds is 7. The first kappa shape index (κ1) is 19.9. The molecule has 1 fully saturated rings. The molecule has 154 valence electrons. The average Bonchev–Trinajstić information content (AvgIpc) is 3.49. The van der Waals surface area contributed by atoms with Gasteiger partial charge in [0.25, 0.3) is 0 Å². The van der Waals surface area contributed by atoms with Crippen LogP contribution in [0.25, 0.3) is 10.1 Å². The maximum absolute atomic E-state index is 10.6. The Labute approximate surface area is 175 Å². The number of aliphatic hydroxyl groups is 1. The number of benzene rings is 1. The monoisotopic (exact) mass is 411 g/mol. The third-order valence-electron chi connectivity index (χ3n) is 5.34. The van der Waals surface area contributed by atoms with E-state index in [2.05, 4.69) is 50.8 Å². The molecule has 0 amide bonds. The minimum atomic E-state index is -0.571. The van der Waals surface area contributed by atoms with E-state index in [1.165, 1.54) is 35.8 Å². The summed E-state index contributed by atoms with van der Waals surface area (Å²) in [5.41, 5.74) is 0.971. The van der Waals surface area contributed by atoms with Crippen molar-refractivity contribution < 1.29 is 5.11 Å². The number of aliphatic imine (C=N–C) groups is 1. The first-order chi connectivity index (χ1) is 14.2. The predicted octanol–water partition coefficient (Wildman–Crippen LogP) is 4.00. The number of aromatic nitrogens is 2. The van der Waals surface area contributed by atoms with Crippen molar-refractivity contribution >= 4 is 27.4 Å². The zero-order valence-corrected chi connectivity index (χ0v) is 17.7. The molecular weight excluding hydrogens is 382 g/mol. The maximum Gasteiger partial charge on any atom is 0.191 e. The fourth-order valence-corrected chi connectivity index (χ4v) is 4.85. The number of guanidine groups is 1. The van der Waals surface area contributed by atoms with E-state index >= 15 is 0 Å². The van der Waals surface area contributed by atoms with Crippen LogP contribution in [0, 0.1) is 0 Å². The SMILES string of the molecule is CCNC(=NCc1ccn(C2CCCC2)n1)NCC(O)c1cc2ccccc2s1. The zero-order valence-electron chi connectivity index (χ0n) is 16.8. The van der Waals surface area contributed by atoms with Crippen LogP contribution in [0.4, 0.5) is 0 Å². The fourth-order valence-electron chi connectivity index (χ4n) is 3.80. The van der Waals surface area contributed by atoms with Crippen molar-refractivity contribution in [2.45, 2.75) is 51.3 Å². The van der Waals surface area contributed by atoms with Crippen LogP contribution < -0.4 is 10.6 Å². The van der Waals surface area contributed by atoms with Gasteiger partial charge in [0.05, 0.1) is 18.3 Å². The summed E-state index contributed by atoms with van der Waals surface area (Å²) < 4.78 is 3.30. The van der Waals surface area contributed by atoms with Crippen molar-refractivity contribution in [3.05, 3.63) is 53.2 Å².